The molecule has 2 aromatic heterocycles. The first-order valence-electron chi connectivity index (χ1n) is 19.1. The lowest BCUT2D eigenvalue weighted by atomic mass is 10.1. The summed E-state index contributed by atoms with van der Waals surface area (Å²) < 4.78 is 23.4. The number of nitrogens with zero attached hydrogens (tertiary/aromatic N) is 2. The molecule has 16 nitrogen and oxygen atoms in total. The number of pyridine rings is 2. The lowest BCUT2D eigenvalue weighted by Gasteiger charge is -2.15. The minimum Gasteiger partial charge on any atom is -0.496 e. The minimum absolute atomic E-state index is 0.156. The number of urea groups is 2. The van der Waals surface area contributed by atoms with Gasteiger partial charge in [0.2, 0.25) is 0 Å². The van der Waals surface area contributed by atoms with Crippen molar-refractivity contribution in [3.63, 3.8) is 0 Å². The van der Waals surface area contributed by atoms with Gasteiger partial charge in [-0.15, -0.1) is 0 Å². The molecule has 2 heterocycles. The number of ether oxygens (including phenoxy) is 4. The number of amides is 6. The Morgan fingerprint density at radius 2 is 1.02 bits per heavy atom. The first-order chi connectivity index (χ1) is 29.5. The standard InChI is InChI=1S/C43H38Cl2N8O8/c1-58-38-19-34-26(36(11-13-46-34)60-24-7-9-32(30(44)15-24)52-42(56)50-22-3-4-22)17-28(38)40(54)48-21-49-41(55)29-18-27-35(20-39(29)59-2)47-14-12-37(27)61-25-8-10-33(31(45)16-25)53-43(57)51-23-5-6-23/h7-20,22-23H,3-6,21H2,1-2H3,(H,48,54)(H,49,55)(H2,50,52,56)(H2,51,53,57). The smallest absolute Gasteiger partial charge is 0.319 e. The number of fused-ring (bicyclic) bond motifs is 2. The van der Waals surface area contributed by atoms with E-state index in [1.54, 1.807) is 85.2 Å². The third kappa shape index (κ3) is 9.72. The van der Waals surface area contributed by atoms with E-state index < -0.39 is 11.8 Å². The van der Waals surface area contributed by atoms with Crippen LogP contribution in [0.5, 0.6) is 34.5 Å². The van der Waals surface area contributed by atoms with Gasteiger partial charge in [0.1, 0.15) is 34.5 Å². The molecule has 6 aromatic rings. The van der Waals surface area contributed by atoms with E-state index in [1.807, 2.05) is 0 Å². The van der Waals surface area contributed by atoms with E-state index >= 15 is 0 Å². The lowest BCUT2D eigenvalue weighted by Crippen LogP contribution is -2.37. The molecule has 8 rings (SSSR count). The summed E-state index contributed by atoms with van der Waals surface area (Å²) in [5.74, 6) is 0.912. The summed E-state index contributed by atoms with van der Waals surface area (Å²) in [6.07, 6.45) is 6.93. The van der Waals surface area contributed by atoms with Crippen molar-refractivity contribution in [2.75, 3.05) is 31.5 Å². The normalized spacial score (nSPS) is 13.2. The molecule has 0 spiro atoms. The van der Waals surface area contributed by atoms with Gasteiger partial charge in [0, 0.05) is 59.5 Å². The molecule has 312 valence electrons. The molecule has 6 N–H and O–H groups in total. The molecule has 0 bridgehead atoms. The van der Waals surface area contributed by atoms with E-state index in [0.717, 1.165) is 25.7 Å². The molecule has 2 aliphatic rings. The fourth-order valence-electron chi connectivity index (χ4n) is 6.28. The molecule has 2 aliphatic carbocycles. The van der Waals surface area contributed by atoms with Gasteiger partial charge in [-0.1, -0.05) is 23.2 Å². The van der Waals surface area contributed by atoms with Gasteiger partial charge < -0.3 is 50.8 Å². The molecular formula is C43H38Cl2N8O8. The molecule has 18 heteroatoms. The van der Waals surface area contributed by atoms with Gasteiger partial charge in [-0.3, -0.25) is 19.6 Å². The van der Waals surface area contributed by atoms with Gasteiger partial charge in [-0.25, -0.2) is 9.59 Å². The number of hydrogen-bond acceptors (Lipinski definition) is 10. The molecule has 4 aromatic carbocycles. The summed E-state index contributed by atoms with van der Waals surface area (Å²) in [5, 5.41) is 18.2. The Kier molecular flexibility index (Phi) is 11.8. The Labute approximate surface area is 358 Å². The number of benzene rings is 4. The number of carbonyl (C=O) groups excluding carboxylic acids is 4. The van der Waals surface area contributed by atoms with Gasteiger partial charge in [-0.2, -0.15) is 0 Å². The Morgan fingerprint density at radius 3 is 1.39 bits per heavy atom. The summed E-state index contributed by atoms with van der Waals surface area (Å²) in [7, 11) is 2.86. The number of rotatable bonds is 14. The molecule has 61 heavy (non-hydrogen) atoms. The quantitative estimate of drug-likeness (QED) is 0.0578. The number of methoxy groups -OCH3 is 2. The Morgan fingerprint density at radius 1 is 0.590 bits per heavy atom. The van der Waals surface area contributed by atoms with Crippen LogP contribution in [-0.2, 0) is 0 Å². The van der Waals surface area contributed by atoms with Gasteiger partial charge in [0.25, 0.3) is 11.8 Å². The Bertz CT molecular complexity index is 2530. The highest BCUT2D eigenvalue weighted by Gasteiger charge is 2.25. The van der Waals surface area contributed by atoms with E-state index in [9.17, 15) is 19.2 Å². The second kappa shape index (κ2) is 17.7. The van der Waals surface area contributed by atoms with Crippen LogP contribution in [0.25, 0.3) is 21.8 Å². The fraction of sp³-hybridized carbons (Fsp3) is 0.209. The monoisotopic (exact) mass is 864 g/mol. The van der Waals surface area contributed by atoms with Crippen molar-refractivity contribution in [3.8, 4) is 34.5 Å². The van der Waals surface area contributed by atoms with Crippen LogP contribution in [0.4, 0.5) is 21.0 Å². The zero-order chi connectivity index (χ0) is 42.6. The molecular weight excluding hydrogens is 827 g/mol. The van der Waals surface area contributed by atoms with Crippen LogP contribution < -0.4 is 50.8 Å². The maximum atomic E-state index is 13.6. The second-order valence-corrected chi connectivity index (χ2v) is 15.0. The van der Waals surface area contributed by atoms with E-state index in [2.05, 4.69) is 41.9 Å². The average Bonchev–Trinajstić information content (AvgIpc) is 4.20. The molecule has 0 atom stereocenters. The maximum Gasteiger partial charge on any atom is 0.319 e. The topological polar surface area (TPSA) is 203 Å². The van der Waals surface area contributed by atoms with Crippen LogP contribution in [0, 0.1) is 0 Å². The van der Waals surface area contributed by atoms with Crippen molar-refractivity contribution in [2.45, 2.75) is 37.8 Å². The predicted molar refractivity (Wildman–Crippen MR) is 230 cm³/mol. The number of halogens is 2. The van der Waals surface area contributed by atoms with Crippen LogP contribution >= 0.6 is 23.2 Å². The molecule has 2 fully saturated rings. The lowest BCUT2D eigenvalue weighted by molar-refractivity contribution is 0.0917. The van der Waals surface area contributed by atoms with E-state index in [1.165, 1.54) is 14.2 Å². The van der Waals surface area contributed by atoms with Gasteiger partial charge in [-0.05, 0) is 74.2 Å². The Hall–Kier alpha value is -7.04. The summed E-state index contributed by atoms with van der Waals surface area (Å²) in [6.45, 7) is -0.262. The van der Waals surface area contributed by atoms with E-state index in [-0.39, 0.29) is 63.5 Å². The van der Waals surface area contributed by atoms with Gasteiger partial charge in [0.15, 0.2) is 0 Å². The molecule has 2 saturated carbocycles. The van der Waals surface area contributed by atoms with Crippen molar-refractivity contribution in [2.24, 2.45) is 0 Å². The number of carbonyl (C=O) groups is 4. The molecule has 0 radical (unpaired) electrons. The average molecular weight is 866 g/mol. The van der Waals surface area contributed by atoms with Crippen molar-refractivity contribution in [1.29, 1.82) is 0 Å². The summed E-state index contributed by atoms with van der Waals surface area (Å²) in [5.41, 5.74) is 2.14. The zero-order valence-corrected chi connectivity index (χ0v) is 34.2. The molecule has 6 amide bonds. The SMILES string of the molecule is COc1cc2nccc(Oc3ccc(NC(=O)NC4CC4)c(Cl)c3)c2cc1C(=O)NCNC(=O)c1cc2c(Oc3ccc(NC(=O)NC4CC4)c(Cl)c3)ccnc2cc1OC. The second-order valence-electron chi connectivity index (χ2n) is 14.2. The fourth-order valence-corrected chi connectivity index (χ4v) is 6.72. The molecule has 0 saturated heterocycles. The van der Waals surface area contributed by atoms with Crippen LogP contribution in [0.3, 0.4) is 0 Å². The summed E-state index contributed by atoms with van der Waals surface area (Å²) in [6, 6.07) is 19.1. The minimum atomic E-state index is -0.550. The van der Waals surface area contributed by atoms with E-state index in [4.69, 9.17) is 42.1 Å². The molecule has 0 aliphatic heterocycles. The Balaban J connectivity index is 0.947. The van der Waals surface area contributed by atoms with E-state index in [0.29, 0.717) is 56.2 Å². The van der Waals surface area contributed by atoms with Crippen molar-refractivity contribution >= 4 is 80.3 Å². The van der Waals surface area contributed by atoms with Crippen molar-refractivity contribution in [3.05, 3.63) is 106 Å². The largest absolute Gasteiger partial charge is 0.496 e. The predicted octanol–water partition coefficient (Wildman–Crippen LogP) is 8.38. The number of anilines is 2. The highest BCUT2D eigenvalue weighted by atomic mass is 35.5. The van der Waals surface area contributed by atoms with Crippen molar-refractivity contribution in [1.82, 2.24) is 31.2 Å². The summed E-state index contributed by atoms with van der Waals surface area (Å²) in [4.78, 5) is 60.5. The summed E-state index contributed by atoms with van der Waals surface area (Å²) >= 11 is 12.9. The van der Waals surface area contributed by atoms with Crippen LogP contribution in [0.15, 0.2) is 85.2 Å². The van der Waals surface area contributed by atoms with Crippen LogP contribution in [-0.4, -0.2) is 66.8 Å². The first-order valence-corrected chi connectivity index (χ1v) is 19.9. The zero-order valence-electron chi connectivity index (χ0n) is 32.7. The van der Waals surface area contributed by atoms with Crippen LogP contribution in [0.1, 0.15) is 46.4 Å². The number of nitrogens with one attached hydrogen (secondary N) is 6. The number of hydrogen-bond donors (Lipinski definition) is 6. The molecule has 0 unspecified atom stereocenters. The number of aromatic nitrogens is 2. The van der Waals surface area contributed by atoms with Gasteiger partial charge >= 0.3 is 12.1 Å². The van der Waals surface area contributed by atoms with Gasteiger partial charge in [0.05, 0.1) is 64.5 Å². The van der Waals surface area contributed by atoms with Crippen LogP contribution in [0.2, 0.25) is 10.0 Å². The highest BCUT2D eigenvalue weighted by Crippen LogP contribution is 2.37. The highest BCUT2D eigenvalue weighted by molar-refractivity contribution is 6.34. The maximum absolute atomic E-state index is 13.6. The first kappa shape index (κ1) is 40.7. The third-order valence-electron chi connectivity index (χ3n) is 9.69. The van der Waals surface area contributed by atoms with Crippen molar-refractivity contribution < 1.29 is 38.1 Å². The third-order valence-corrected chi connectivity index (χ3v) is 10.3.